The molecule has 78 valence electrons. The van der Waals surface area contributed by atoms with E-state index in [-0.39, 0.29) is 18.2 Å². The fraction of sp³-hybridized carbons (Fsp3) is 0.182. The molecule has 0 spiro atoms. The topological polar surface area (TPSA) is 58.6 Å². The summed E-state index contributed by atoms with van der Waals surface area (Å²) in [6, 6.07) is 6.99. The number of hydrogen-bond donors (Lipinski definition) is 2. The Morgan fingerprint density at radius 1 is 1.33 bits per heavy atom. The molecule has 0 saturated carbocycles. The molecule has 15 heavy (non-hydrogen) atoms. The van der Waals surface area contributed by atoms with Gasteiger partial charge in [0.25, 0.3) is 5.91 Å². The van der Waals surface area contributed by atoms with Gasteiger partial charge in [0, 0.05) is 0 Å². The fourth-order valence-electron chi connectivity index (χ4n) is 1.53. The van der Waals surface area contributed by atoms with E-state index in [0.29, 0.717) is 11.1 Å². The van der Waals surface area contributed by atoms with Crippen LogP contribution in [0.4, 0.5) is 0 Å². The van der Waals surface area contributed by atoms with E-state index in [2.05, 4.69) is 5.32 Å². The lowest BCUT2D eigenvalue weighted by Gasteiger charge is -2.03. The van der Waals surface area contributed by atoms with Crippen LogP contribution in [0.25, 0.3) is 5.57 Å². The number of hydrogen-bond acceptors (Lipinski definition) is 3. The summed E-state index contributed by atoms with van der Waals surface area (Å²) in [5.41, 5.74) is 1.04. The second-order valence-electron chi connectivity index (χ2n) is 3.23. The highest BCUT2D eigenvalue weighted by Gasteiger charge is 2.23. The van der Waals surface area contributed by atoms with Crippen LogP contribution >= 0.6 is 0 Å². The van der Waals surface area contributed by atoms with Crippen LogP contribution in [-0.4, -0.2) is 24.7 Å². The Morgan fingerprint density at radius 2 is 2.00 bits per heavy atom. The summed E-state index contributed by atoms with van der Waals surface area (Å²) in [5.74, 6) is 0.570. The standard InChI is InChI=1S/C11H11NO3/c1-15-8-4-2-7(3-5-8)10-9(13)6-12-11(10)14/h2-5,13H,6H2,1H3,(H,12,14). The number of carbonyl (C=O) groups excluding carboxylic acids is 1. The van der Waals surface area contributed by atoms with Gasteiger partial charge in [-0.1, -0.05) is 12.1 Å². The summed E-state index contributed by atoms with van der Waals surface area (Å²) in [6.45, 7) is 0.209. The summed E-state index contributed by atoms with van der Waals surface area (Å²) < 4.78 is 5.01. The van der Waals surface area contributed by atoms with Crippen molar-refractivity contribution in [3.8, 4) is 5.75 Å². The van der Waals surface area contributed by atoms with E-state index in [1.165, 1.54) is 0 Å². The first-order chi connectivity index (χ1) is 7.22. The fourth-order valence-corrected chi connectivity index (χ4v) is 1.53. The number of ether oxygens (including phenoxy) is 1. The smallest absolute Gasteiger partial charge is 0.255 e. The quantitative estimate of drug-likeness (QED) is 0.760. The molecule has 0 radical (unpaired) electrons. The van der Waals surface area contributed by atoms with E-state index in [1.54, 1.807) is 31.4 Å². The Kier molecular flexibility index (Phi) is 2.33. The van der Waals surface area contributed by atoms with Crippen molar-refractivity contribution in [1.29, 1.82) is 0 Å². The highest BCUT2D eigenvalue weighted by molar-refractivity contribution is 6.22. The molecule has 4 heteroatoms. The third-order valence-electron chi connectivity index (χ3n) is 2.31. The molecule has 1 aliphatic rings. The van der Waals surface area contributed by atoms with Crippen LogP contribution in [0.15, 0.2) is 30.0 Å². The van der Waals surface area contributed by atoms with E-state index < -0.39 is 0 Å². The molecule has 1 amide bonds. The van der Waals surface area contributed by atoms with Gasteiger partial charge in [-0.25, -0.2) is 0 Å². The molecule has 1 heterocycles. The zero-order chi connectivity index (χ0) is 10.8. The number of carbonyl (C=O) groups is 1. The zero-order valence-electron chi connectivity index (χ0n) is 8.28. The highest BCUT2D eigenvalue weighted by atomic mass is 16.5. The Hall–Kier alpha value is -1.97. The van der Waals surface area contributed by atoms with Gasteiger partial charge in [-0.05, 0) is 17.7 Å². The average Bonchev–Trinajstić information content (AvgIpc) is 2.59. The van der Waals surface area contributed by atoms with Crippen LogP contribution in [-0.2, 0) is 4.79 Å². The number of amides is 1. The number of aliphatic hydroxyl groups excluding tert-OH is 1. The summed E-state index contributed by atoms with van der Waals surface area (Å²) in [7, 11) is 1.58. The Balaban J connectivity index is 2.37. The minimum Gasteiger partial charge on any atom is -0.510 e. The highest BCUT2D eigenvalue weighted by Crippen LogP contribution is 2.23. The lowest BCUT2D eigenvalue weighted by atomic mass is 10.1. The van der Waals surface area contributed by atoms with Crippen LogP contribution in [0.3, 0.4) is 0 Å². The molecule has 0 unspecified atom stereocenters. The summed E-state index contributed by atoms with van der Waals surface area (Å²) in [5, 5.41) is 12.1. The SMILES string of the molecule is COc1ccc(C2=C(O)CNC2=O)cc1. The van der Waals surface area contributed by atoms with Crippen molar-refractivity contribution in [2.45, 2.75) is 0 Å². The van der Waals surface area contributed by atoms with Crippen LogP contribution in [0.2, 0.25) is 0 Å². The maximum absolute atomic E-state index is 11.4. The number of nitrogens with one attached hydrogen (secondary N) is 1. The maximum atomic E-state index is 11.4. The third kappa shape index (κ3) is 1.66. The van der Waals surface area contributed by atoms with Gasteiger partial charge in [0.2, 0.25) is 0 Å². The minimum absolute atomic E-state index is 0.0881. The first-order valence-corrected chi connectivity index (χ1v) is 4.57. The lowest BCUT2D eigenvalue weighted by Crippen LogP contribution is -2.17. The molecule has 1 aromatic rings. The van der Waals surface area contributed by atoms with Crippen molar-refractivity contribution in [1.82, 2.24) is 5.32 Å². The summed E-state index contributed by atoms with van der Waals surface area (Å²) in [4.78, 5) is 11.4. The molecule has 1 aromatic carbocycles. The Labute approximate surface area is 87.2 Å². The molecule has 0 aromatic heterocycles. The molecule has 0 saturated heterocycles. The Bertz CT molecular complexity index is 420. The zero-order valence-corrected chi connectivity index (χ0v) is 8.28. The first kappa shape index (κ1) is 9.58. The normalized spacial score (nSPS) is 15.4. The van der Waals surface area contributed by atoms with E-state index in [4.69, 9.17) is 4.74 Å². The number of benzene rings is 1. The van der Waals surface area contributed by atoms with Crippen molar-refractivity contribution in [2.24, 2.45) is 0 Å². The van der Waals surface area contributed by atoms with Crippen LogP contribution in [0.5, 0.6) is 5.75 Å². The van der Waals surface area contributed by atoms with Gasteiger partial charge in [-0.2, -0.15) is 0 Å². The van der Waals surface area contributed by atoms with Crippen molar-refractivity contribution in [3.63, 3.8) is 0 Å². The average molecular weight is 205 g/mol. The van der Waals surface area contributed by atoms with E-state index >= 15 is 0 Å². The van der Waals surface area contributed by atoms with E-state index in [0.717, 1.165) is 5.75 Å². The van der Waals surface area contributed by atoms with Gasteiger partial charge >= 0.3 is 0 Å². The van der Waals surface area contributed by atoms with Crippen molar-refractivity contribution in [2.75, 3.05) is 13.7 Å². The Morgan fingerprint density at radius 3 is 2.47 bits per heavy atom. The van der Waals surface area contributed by atoms with Crippen molar-refractivity contribution < 1.29 is 14.6 Å². The number of aliphatic hydroxyl groups is 1. The van der Waals surface area contributed by atoms with Crippen molar-refractivity contribution >= 4 is 11.5 Å². The number of rotatable bonds is 2. The first-order valence-electron chi connectivity index (χ1n) is 4.57. The molecular weight excluding hydrogens is 194 g/mol. The minimum atomic E-state index is -0.238. The monoisotopic (exact) mass is 205 g/mol. The second kappa shape index (κ2) is 3.65. The van der Waals surface area contributed by atoms with Crippen LogP contribution < -0.4 is 10.1 Å². The predicted octanol–water partition coefficient (Wildman–Crippen LogP) is 1.09. The number of methoxy groups -OCH3 is 1. The van der Waals surface area contributed by atoms with Crippen molar-refractivity contribution in [3.05, 3.63) is 35.6 Å². The largest absolute Gasteiger partial charge is 0.510 e. The van der Waals surface area contributed by atoms with Gasteiger partial charge in [0.15, 0.2) is 0 Å². The van der Waals surface area contributed by atoms with Gasteiger partial charge in [0.05, 0.1) is 19.2 Å². The molecule has 2 N–H and O–H groups in total. The molecule has 0 aliphatic carbocycles. The maximum Gasteiger partial charge on any atom is 0.255 e. The van der Waals surface area contributed by atoms with Crippen LogP contribution in [0.1, 0.15) is 5.56 Å². The summed E-state index contributed by atoms with van der Waals surface area (Å²) >= 11 is 0. The third-order valence-corrected chi connectivity index (χ3v) is 2.31. The summed E-state index contributed by atoms with van der Waals surface area (Å²) in [6.07, 6.45) is 0. The predicted molar refractivity (Wildman–Crippen MR) is 55.6 cm³/mol. The molecule has 4 nitrogen and oxygen atoms in total. The van der Waals surface area contributed by atoms with Gasteiger partial charge in [-0.3, -0.25) is 4.79 Å². The molecule has 1 aliphatic heterocycles. The molecule has 2 rings (SSSR count). The van der Waals surface area contributed by atoms with Crippen LogP contribution in [0, 0.1) is 0 Å². The van der Waals surface area contributed by atoms with Gasteiger partial charge in [-0.15, -0.1) is 0 Å². The second-order valence-corrected chi connectivity index (χ2v) is 3.23. The molecule has 0 atom stereocenters. The van der Waals surface area contributed by atoms with Gasteiger partial charge in [0.1, 0.15) is 11.5 Å². The molecular formula is C11H11NO3. The molecule has 0 bridgehead atoms. The van der Waals surface area contributed by atoms with E-state index in [1.807, 2.05) is 0 Å². The lowest BCUT2D eigenvalue weighted by molar-refractivity contribution is -0.114. The van der Waals surface area contributed by atoms with E-state index in [9.17, 15) is 9.90 Å². The van der Waals surface area contributed by atoms with Gasteiger partial charge < -0.3 is 15.2 Å². The molecule has 0 fully saturated rings.